The normalized spacial score (nSPS) is 20.2. The monoisotopic (exact) mass is 208 g/mol. The first-order valence-corrected chi connectivity index (χ1v) is 6.18. The molecule has 2 heteroatoms. The van der Waals surface area contributed by atoms with Gasteiger partial charge < -0.3 is 4.90 Å². The predicted octanol–water partition coefficient (Wildman–Crippen LogP) is 3.45. The number of nitrogens with zero attached hydrogens (tertiary/aromatic N) is 2. The Bertz CT molecular complexity index is 223. The summed E-state index contributed by atoms with van der Waals surface area (Å²) in [5.41, 5.74) is 0. The lowest BCUT2D eigenvalue weighted by molar-refractivity contribution is 0.279. The lowest BCUT2D eigenvalue weighted by Crippen LogP contribution is -2.36. The highest BCUT2D eigenvalue weighted by atomic mass is 15.2. The van der Waals surface area contributed by atoms with E-state index >= 15 is 0 Å². The molecule has 1 heterocycles. The van der Waals surface area contributed by atoms with Crippen molar-refractivity contribution in [1.29, 1.82) is 0 Å². The second-order valence-electron chi connectivity index (χ2n) is 4.52. The van der Waals surface area contributed by atoms with Crippen LogP contribution in [-0.4, -0.2) is 23.8 Å². The summed E-state index contributed by atoms with van der Waals surface area (Å²) in [5.74, 6) is 2.07. The number of piperidine rings is 1. The van der Waals surface area contributed by atoms with E-state index in [0.717, 1.165) is 12.3 Å². The second-order valence-corrected chi connectivity index (χ2v) is 4.52. The van der Waals surface area contributed by atoms with E-state index in [1.165, 1.54) is 38.2 Å². The third-order valence-electron chi connectivity index (χ3n) is 3.06. The molecule has 0 spiro atoms. The van der Waals surface area contributed by atoms with Gasteiger partial charge in [0.25, 0.3) is 0 Å². The topological polar surface area (TPSA) is 15.6 Å². The van der Waals surface area contributed by atoms with Crippen molar-refractivity contribution in [2.75, 3.05) is 13.1 Å². The summed E-state index contributed by atoms with van der Waals surface area (Å²) in [6.45, 7) is 9.00. The summed E-state index contributed by atoms with van der Waals surface area (Å²) in [5, 5.41) is 0. The van der Waals surface area contributed by atoms with Crippen molar-refractivity contribution in [3.8, 4) is 0 Å². The van der Waals surface area contributed by atoms with Crippen LogP contribution in [0.5, 0.6) is 0 Å². The molecule has 0 radical (unpaired) electrons. The minimum atomic E-state index is 0.893. The Balaban J connectivity index is 2.35. The van der Waals surface area contributed by atoms with E-state index in [0.29, 0.717) is 0 Å². The minimum absolute atomic E-state index is 0.893. The Kier molecular flexibility index (Phi) is 5.44. The highest BCUT2D eigenvalue weighted by Crippen LogP contribution is 2.16. The number of amidine groups is 1. The molecule has 1 rings (SSSR count). The van der Waals surface area contributed by atoms with Crippen molar-refractivity contribution in [2.24, 2.45) is 10.9 Å². The summed E-state index contributed by atoms with van der Waals surface area (Å²) >= 11 is 0. The molecule has 0 aromatic heterocycles. The number of rotatable bonds is 3. The van der Waals surface area contributed by atoms with E-state index < -0.39 is 0 Å². The maximum absolute atomic E-state index is 4.47. The third-order valence-corrected chi connectivity index (χ3v) is 3.06. The van der Waals surface area contributed by atoms with Gasteiger partial charge in [-0.15, -0.1) is 0 Å². The maximum atomic E-state index is 4.47. The smallest absolute Gasteiger partial charge is 0.101 e. The van der Waals surface area contributed by atoms with Crippen LogP contribution in [0.15, 0.2) is 17.3 Å². The fourth-order valence-corrected chi connectivity index (χ4v) is 1.82. The number of hydrogen-bond donors (Lipinski definition) is 0. The summed E-state index contributed by atoms with van der Waals surface area (Å²) in [7, 11) is 0. The van der Waals surface area contributed by atoms with Gasteiger partial charge in [0.05, 0.1) is 0 Å². The zero-order valence-electron chi connectivity index (χ0n) is 10.4. The molecule has 2 nitrogen and oxygen atoms in total. The number of likely N-dealkylation sites (tertiary alicyclic amines) is 1. The van der Waals surface area contributed by atoms with Crippen molar-refractivity contribution < 1.29 is 0 Å². The molecule has 0 aromatic carbocycles. The average molecular weight is 208 g/mol. The highest BCUT2D eigenvalue weighted by Gasteiger charge is 2.15. The lowest BCUT2D eigenvalue weighted by Gasteiger charge is -2.31. The van der Waals surface area contributed by atoms with E-state index in [9.17, 15) is 0 Å². The molecule has 0 unspecified atom stereocenters. The molecule has 0 amide bonds. The van der Waals surface area contributed by atoms with Crippen molar-refractivity contribution in [3.05, 3.63) is 12.3 Å². The van der Waals surface area contributed by atoms with E-state index in [4.69, 9.17) is 0 Å². The number of unbranched alkanes of at least 4 members (excludes halogenated alkanes) is 1. The van der Waals surface area contributed by atoms with Gasteiger partial charge in [0.15, 0.2) is 0 Å². The Morgan fingerprint density at radius 2 is 2.07 bits per heavy atom. The van der Waals surface area contributed by atoms with Gasteiger partial charge in [0.1, 0.15) is 5.84 Å². The molecule has 1 aliphatic heterocycles. The van der Waals surface area contributed by atoms with Crippen LogP contribution < -0.4 is 0 Å². The fourth-order valence-electron chi connectivity index (χ4n) is 1.82. The minimum Gasteiger partial charge on any atom is -0.360 e. The van der Waals surface area contributed by atoms with Crippen LogP contribution in [0.1, 0.15) is 46.5 Å². The molecular formula is C13H24N2. The number of hydrogen-bond acceptors (Lipinski definition) is 1. The van der Waals surface area contributed by atoms with Crippen LogP contribution in [0.25, 0.3) is 0 Å². The first kappa shape index (κ1) is 12.3. The molecule has 15 heavy (non-hydrogen) atoms. The molecule has 0 aliphatic carbocycles. The van der Waals surface area contributed by atoms with Crippen molar-refractivity contribution in [3.63, 3.8) is 0 Å². The van der Waals surface area contributed by atoms with Gasteiger partial charge in [-0.3, -0.25) is 0 Å². The van der Waals surface area contributed by atoms with E-state index in [2.05, 4.69) is 36.7 Å². The van der Waals surface area contributed by atoms with E-state index in [1.54, 1.807) is 0 Å². The molecule has 0 aromatic rings. The molecule has 1 saturated heterocycles. The van der Waals surface area contributed by atoms with Crippen molar-refractivity contribution in [2.45, 2.75) is 46.5 Å². The quantitative estimate of drug-likeness (QED) is 0.512. The first-order valence-electron chi connectivity index (χ1n) is 6.18. The van der Waals surface area contributed by atoms with Gasteiger partial charge in [-0.25, -0.2) is 4.99 Å². The molecule has 86 valence electrons. The predicted molar refractivity (Wildman–Crippen MR) is 67.1 cm³/mol. The molecule has 0 N–H and O–H groups in total. The molecular weight excluding hydrogens is 184 g/mol. The van der Waals surface area contributed by atoms with Crippen molar-refractivity contribution >= 4 is 5.84 Å². The molecule has 0 saturated carbocycles. The molecule has 0 bridgehead atoms. The van der Waals surface area contributed by atoms with Crippen LogP contribution >= 0.6 is 0 Å². The van der Waals surface area contributed by atoms with Gasteiger partial charge in [0, 0.05) is 19.3 Å². The average Bonchev–Trinajstić information content (AvgIpc) is 2.25. The molecule has 0 atom stereocenters. The molecule has 1 aliphatic rings. The Morgan fingerprint density at radius 3 is 2.67 bits per heavy atom. The number of allylic oxidation sites excluding steroid dienone is 1. The largest absolute Gasteiger partial charge is 0.360 e. The third kappa shape index (κ3) is 4.50. The molecule has 1 fully saturated rings. The Morgan fingerprint density at radius 1 is 1.40 bits per heavy atom. The van der Waals surface area contributed by atoms with E-state index in [1.807, 2.05) is 6.20 Å². The van der Waals surface area contributed by atoms with Crippen LogP contribution in [0.2, 0.25) is 0 Å². The summed E-state index contributed by atoms with van der Waals surface area (Å²) in [6.07, 6.45) is 9.06. The Labute approximate surface area is 94.1 Å². The lowest BCUT2D eigenvalue weighted by atomic mass is 9.99. The zero-order valence-corrected chi connectivity index (χ0v) is 10.4. The van der Waals surface area contributed by atoms with Crippen LogP contribution in [-0.2, 0) is 0 Å². The Hall–Kier alpha value is -0.790. The van der Waals surface area contributed by atoms with Crippen LogP contribution in [0, 0.1) is 5.92 Å². The first-order chi connectivity index (χ1) is 7.24. The second kappa shape index (κ2) is 6.65. The highest BCUT2D eigenvalue weighted by molar-refractivity contribution is 5.80. The van der Waals surface area contributed by atoms with Gasteiger partial charge in [-0.05, 0) is 32.1 Å². The standard InChI is InChI=1S/C13H24N2/c1-4-5-6-9-14-13(3)15-10-7-12(2)8-11-15/h6,9,12H,4-5,7-8,10-11H2,1-3H3/b9-6-,14-13?. The number of aliphatic imine (C=N–C) groups is 1. The SMILES string of the molecule is CCC/C=C\N=C(C)N1CCC(C)CC1. The summed E-state index contributed by atoms with van der Waals surface area (Å²) < 4.78 is 0. The summed E-state index contributed by atoms with van der Waals surface area (Å²) in [6, 6.07) is 0. The van der Waals surface area contributed by atoms with Gasteiger partial charge in [-0.2, -0.15) is 0 Å². The van der Waals surface area contributed by atoms with Gasteiger partial charge in [-0.1, -0.05) is 26.3 Å². The van der Waals surface area contributed by atoms with Crippen LogP contribution in [0.3, 0.4) is 0 Å². The van der Waals surface area contributed by atoms with Gasteiger partial charge in [0.2, 0.25) is 0 Å². The fraction of sp³-hybridized carbons (Fsp3) is 0.769. The van der Waals surface area contributed by atoms with Gasteiger partial charge >= 0.3 is 0 Å². The zero-order chi connectivity index (χ0) is 11.1. The summed E-state index contributed by atoms with van der Waals surface area (Å²) in [4.78, 5) is 6.87. The maximum Gasteiger partial charge on any atom is 0.101 e. The van der Waals surface area contributed by atoms with Crippen molar-refractivity contribution in [1.82, 2.24) is 4.90 Å². The van der Waals surface area contributed by atoms with Crippen LogP contribution in [0.4, 0.5) is 0 Å². The van der Waals surface area contributed by atoms with E-state index in [-0.39, 0.29) is 0 Å².